The number of nitrogens with one attached hydrogen (secondary N) is 1. The van der Waals surface area contributed by atoms with Gasteiger partial charge >= 0.3 is 0 Å². The Hall–Kier alpha value is -1.85. The zero-order valence-corrected chi connectivity index (χ0v) is 14.8. The van der Waals surface area contributed by atoms with E-state index < -0.39 is 9.84 Å². The summed E-state index contributed by atoms with van der Waals surface area (Å²) in [5.41, 5.74) is 1.35. The van der Waals surface area contributed by atoms with Crippen LogP contribution in [-0.2, 0) is 9.84 Å². The molecule has 1 aliphatic rings. The van der Waals surface area contributed by atoms with Gasteiger partial charge in [0, 0.05) is 11.8 Å². The molecule has 0 radical (unpaired) electrons. The van der Waals surface area contributed by atoms with E-state index >= 15 is 0 Å². The van der Waals surface area contributed by atoms with Crippen molar-refractivity contribution in [1.82, 2.24) is 5.32 Å². The summed E-state index contributed by atoms with van der Waals surface area (Å²) >= 11 is 5.94. The minimum absolute atomic E-state index is 0.0282. The van der Waals surface area contributed by atoms with E-state index in [0.717, 1.165) is 24.7 Å². The molecule has 4 nitrogen and oxygen atoms in total. The Morgan fingerprint density at radius 2 is 1.83 bits per heavy atom. The number of hydrogen-bond donors (Lipinski definition) is 1. The van der Waals surface area contributed by atoms with Crippen LogP contribution < -0.4 is 5.32 Å². The molecule has 0 bridgehead atoms. The predicted molar refractivity (Wildman–Crippen MR) is 93.9 cm³/mol. The van der Waals surface area contributed by atoms with Crippen LogP contribution in [0.4, 0.5) is 0 Å². The van der Waals surface area contributed by atoms with Gasteiger partial charge in [-0.2, -0.15) is 0 Å². The van der Waals surface area contributed by atoms with Gasteiger partial charge in [-0.15, -0.1) is 0 Å². The fourth-order valence-corrected chi connectivity index (χ4v) is 4.02. The smallest absolute Gasteiger partial charge is 0.251 e. The lowest BCUT2D eigenvalue weighted by Gasteiger charge is -2.19. The third-order valence-corrected chi connectivity index (χ3v) is 5.71. The molecule has 0 heterocycles. The van der Waals surface area contributed by atoms with Gasteiger partial charge in [0.15, 0.2) is 9.84 Å². The molecular weight excluding hydrogens is 346 g/mol. The first-order valence-corrected chi connectivity index (χ1v) is 9.98. The molecule has 0 saturated heterocycles. The summed E-state index contributed by atoms with van der Waals surface area (Å²) in [4.78, 5) is 12.6. The Morgan fingerprint density at radius 1 is 1.17 bits per heavy atom. The molecular formula is C18H18ClNO3S. The van der Waals surface area contributed by atoms with Gasteiger partial charge < -0.3 is 5.32 Å². The van der Waals surface area contributed by atoms with Crippen LogP contribution in [0.3, 0.4) is 0 Å². The van der Waals surface area contributed by atoms with Gasteiger partial charge in [0.2, 0.25) is 0 Å². The summed E-state index contributed by atoms with van der Waals surface area (Å²) in [5.74, 6) is 0.135. The van der Waals surface area contributed by atoms with Gasteiger partial charge in [-0.1, -0.05) is 41.9 Å². The summed E-state index contributed by atoms with van der Waals surface area (Å²) in [6, 6.07) is 14.1. The fraction of sp³-hybridized carbons (Fsp3) is 0.278. The Balaban J connectivity index is 1.86. The van der Waals surface area contributed by atoms with Crippen LogP contribution in [0, 0.1) is 5.92 Å². The maximum Gasteiger partial charge on any atom is 0.251 e. The number of carbonyl (C=O) groups excluding carboxylic acids is 1. The molecule has 6 heteroatoms. The largest absolute Gasteiger partial charge is 0.345 e. The second kappa shape index (κ2) is 6.57. The van der Waals surface area contributed by atoms with Gasteiger partial charge in [-0.3, -0.25) is 4.79 Å². The maximum atomic E-state index is 12.6. The van der Waals surface area contributed by atoms with Crippen LogP contribution >= 0.6 is 11.6 Å². The Labute approximate surface area is 146 Å². The molecule has 126 valence electrons. The zero-order valence-electron chi connectivity index (χ0n) is 13.2. The maximum absolute atomic E-state index is 12.6. The van der Waals surface area contributed by atoms with E-state index in [0.29, 0.717) is 11.5 Å². The van der Waals surface area contributed by atoms with Crippen molar-refractivity contribution in [3.05, 3.63) is 64.7 Å². The topological polar surface area (TPSA) is 63.2 Å². The molecule has 1 saturated carbocycles. The molecule has 24 heavy (non-hydrogen) atoms. The molecule has 2 aromatic rings. The Kier molecular flexibility index (Phi) is 4.65. The predicted octanol–water partition coefficient (Wildman–Crippen LogP) is 3.62. The van der Waals surface area contributed by atoms with Crippen molar-refractivity contribution >= 4 is 27.3 Å². The number of hydrogen-bond acceptors (Lipinski definition) is 3. The third-order valence-electron chi connectivity index (χ3n) is 4.13. The van der Waals surface area contributed by atoms with Crippen molar-refractivity contribution in [2.75, 3.05) is 6.26 Å². The number of amides is 1. The number of carbonyl (C=O) groups is 1. The highest BCUT2D eigenvalue weighted by molar-refractivity contribution is 7.90. The van der Waals surface area contributed by atoms with Crippen molar-refractivity contribution in [3.63, 3.8) is 0 Å². The van der Waals surface area contributed by atoms with E-state index in [9.17, 15) is 13.2 Å². The quantitative estimate of drug-likeness (QED) is 0.882. The molecule has 1 N–H and O–H groups in total. The van der Waals surface area contributed by atoms with Crippen LogP contribution in [0.1, 0.15) is 34.8 Å². The summed E-state index contributed by atoms with van der Waals surface area (Å²) < 4.78 is 23.5. The van der Waals surface area contributed by atoms with Crippen molar-refractivity contribution in [1.29, 1.82) is 0 Å². The summed E-state index contributed by atoms with van der Waals surface area (Å²) in [6.45, 7) is 0. The number of halogens is 1. The van der Waals surface area contributed by atoms with Crippen LogP contribution in [-0.4, -0.2) is 20.6 Å². The molecule has 1 fully saturated rings. The first-order valence-electron chi connectivity index (χ1n) is 7.71. The zero-order chi connectivity index (χ0) is 17.3. The number of sulfone groups is 1. The minimum atomic E-state index is -3.49. The molecule has 1 aliphatic carbocycles. The molecule has 0 unspecified atom stereocenters. The lowest BCUT2D eigenvalue weighted by atomic mass is 10.0. The van der Waals surface area contributed by atoms with Crippen molar-refractivity contribution in [3.8, 4) is 0 Å². The highest BCUT2D eigenvalue weighted by Crippen LogP contribution is 2.41. The molecule has 1 atom stereocenters. The van der Waals surface area contributed by atoms with Gasteiger partial charge in [0.05, 0.1) is 16.0 Å². The van der Waals surface area contributed by atoms with Crippen molar-refractivity contribution < 1.29 is 13.2 Å². The van der Waals surface area contributed by atoms with E-state index in [2.05, 4.69) is 5.32 Å². The number of benzene rings is 2. The lowest BCUT2D eigenvalue weighted by Crippen LogP contribution is -2.30. The van der Waals surface area contributed by atoms with Crippen LogP contribution in [0.25, 0.3) is 0 Å². The van der Waals surface area contributed by atoms with Crippen molar-refractivity contribution in [2.45, 2.75) is 23.8 Å². The van der Waals surface area contributed by atoms with E-state index in [1.807, 2.05) is 30.3 Å². The molecule has 0 spiro atoms. The van der Waals surface area contributed by atoms with Gasteiger partial charge in [-0.05, 0) is 42.5 Å². The standard InChI is InChI=1S/C18H18ClNO3S/c1-24(22,23)16-11-14(9-10-15(16)19)18(21)20-17(13-7-8-13)12-5-3-2-4-6-12/h2-6,9-11,13,17H,7-8H2,1H3,(H,20,21)/t17-/m0/s1. The van der Waals surface area contributed by atoms with Crippen LogP contribution in [0.15, 0.2) is 53.4 Å². The average Bonchev–Trinajstić information content (AvgIpc) is 3.37. The van der Waals surface area contributed by atoms with E-state index in [1.54, 1.807) is 6.07 Å². The van der Waals surface area contributed by atoms with E-state index in [4.69, 9.17) is 11.6 Å². The van der Waals surface area contributed by atoms with Gasteiger partial charge in [-0.25, -0.2) is 8.42 Å². The summed E-state index contributed by atoms with van der Waals surface area (Å²) in [5, 5.41) is 3.15. The molecule has 2 aromatic carbocycles. The first kappa shape index (κ1) is 17.0. The molecule has 0 aromatic heterocycles. The highest BCUT2D eigenvalue weighted by atomic mass is 35.5. The van der Waals surface area contributed by atoms with E-state index in [1.165, 1.54) is 12.1 Å². The van der Waals surface area contributed by atoms with Crippen molar-refractivity contribution in [2.24, 2.45) is 5.92 Å². The normalized spacial score (nSPS) is 15.8. The monoisotopic (exact) mass is 363 g/mol. The number of rotatable bonds is 5. The van der Waals surface area contributed by atoms with Gasteiger partial charge in [0.25, 0.3) is 5.91 Å². The average molecular weight is 364 g/mol. The van der Waals surface area contributed by atoms with E-state index in [-0.39, 0.29) is 21.9 Å². The lowest BCUT2D eigenvalue weighted by molar-refractivity contribution is 0.0931. The Bertz CT molecular complexity index is 861. The molecule has 3 rings (SSSR count). The van der Waals surface area contributed by atoms with Crippen LogP contribution in [0.5, 0.6) is 0 Å². The summed E-state index contributed by atoms with van der Waals surface area (Å²) in [6.07, 6.45) is 3.23. The molecule has 0 aliphatic heterocycles. The highest BCUT2D eigenvalue weighted by Gasteiger charge is 2.33. The second-order valence-corrected chi connectivity index (χ2v) is 8.51. The second-order valence-electron chi connectivity index (χ2n) is 6.12. The summed E-state index contributed by atoms with van der Waals surface area (Å²) in [7, 11) is -3.49. The van der Waals surface area contributed by atoms with Gasteiger partial charge in [0.1, 0.15) is 0 Å². The van der Waals surface area contributed by atoms with Crippen LogP contribution in [0.2, 0.25) is 5.02 Å². The first-order chi connectivity index (χ1) is 11.4. The third kappa shape index (κ3) is 3.79. The molecule has 1 amide bonds. The Morgan fingerprint density at radius 3 is 2.42 bits per heavy atom. The fourth-order valence-electron chi connectivity index (χ4n) is 2.72. The minimum Gasteiger partial charge on any atom is -0.345 e. The SMILES string of the molecule is CS(=O)(=O)c1cc(C(=O)N[C@@H](c2ccccc2)C2CC2)ccc1Cl.